The Bertz CT molecular complexity index is 1140. The standard InChI is InChI=1S/C27H32N4O5/c1-2-35-23-7-3-4-8-24(23)36-21-6-5-13-31(17-21)26-16-28-15-25(30-26)29-22(18-32)20-11-9-19(10-12-20)14-27(33)34/h3-4,7-12,15-16,21-22,32H,2,5-6,13-14,17-18H2,1H3,(H,29,30)(H,33,34)/t21-,22+/m1/s1. The third kappa shape index (κ3) is 6.63. The van der Waals surface area contributed by atoms with Crippen LogP contribution in [-0.2, 0) is 11.2 Å². The molecule has 0 aliphatic carbocycles. The number of aliphatic carboxylic acids is 1. The SMILES string of the molecule is CCOc1ccccc1O[C@@H]1CCCN(c2cncc(N[C@@H](CO)c3ccc(CC(=O)O)cc3)n2)C1. The van der Waals surface area contributed by atoms with Crippen LogP contribution in [0, 0.1) is 0 Å². The Morgan fingerprint density at radius 1 is 1.17 bits per heavy atom. The van der Waals surface area contributed by atoms with Gasteiger partial charge >= 0.3 is 5.97 Å². The quantitative estimate of drug-likeness (QED) is 0.368. The lowest BCUT2D eigenvalue weighted by Gasteiger charge is -2.34. The van der Waals surface area contributed by atoms with Gasteiger partial charge < -0.3 is 29.9 Å². The molecule has 2 heterocycles. The average molecular weight is 493 g/mol. The van der Waals surface area contributed by atoms with Crippen LogP contribution in [0.1, 0.15) is 36.9 Å². The molecule has 0 amide bonds. The number of aliphatic hydroxyl groups excluding tert-OH is 1. The van der Waals surface area contributed by atoms with Crippen molar-refractivity contribution in [2.75, 3.05) is 36.5 Å². The van der Waals surface area contributed by atoms with Gasteiger partial charge in [0.05, 0.1) is 44.6 Å². The van der Waals surface area contributed by atoms with E-state index in [-0.39, 0.29) is 19.1 Å². The molecular weight excluding hydrogens is 460 g/mol. The summed E-state index contributed by atoms with van der Waals surface area (Å²) in [6.07, 6.45) is 5.21. The van der Waals surface area contributed by atoms with E-state index in [4.69, 9.17) is 19.6 Å². The van der Waals surface area contributed by atoms with E-state index in [1.807, 2.05) is 43.3 Å². The van der Waals surface area contributed by atoms with Crippen molar-refractivity contribution in [1.82, 2.24) is 9.97 Å². The zero-order valence-corrected chi connectivity index (χ0v) is 20.3. The maximum atomic E-state index is 10.9. The molecule has 3 aromatic rings. The summed E-state index contributed by atoms with van der Waals surface area (Å²) in [6, 6.07) is 14.5. The van der Waals surface area contributed by atoms with Gasteiger partial charge in [-0.15, -0.1) is 0 Å². The van der Waals surface area contributed by atoms with Gasteiger partial charge in [-0.25, -0.2) is 4.98 Å². The Labute approximate surface area is 210 Å². The number of carbonyl (C=O) groups is 1. The maximum absolute atomic E-state index is 10.9. The first kappa shape index (κ1) is 25.2. The van der Waals surface area contributed by atoms with Crippen molar-refractivity contribution in [3.63, 3.8) is 0 Å². The second-order valence-corrected chi connectivity index (χ2v) is 8.66. The van der Waals surface area contributed by atoms with E-state index in [0.29, 0.717) is 24.5 Å². The van der Waals surface area contributed by atoms with E-state index in [1.165, 1.54) is 0 Å². The van der Waals surface area contributed by atoms with E-state index < -0.39 is 12.0 Å². The lowest BCUT2D eigenvalue weighted by Crippen LogP contribution is -2.41. The summed E-state index contributed by atoms with van der Waals surface area (Å²) in [5.74, 6) is 1.89. The molecule has 36 heavy (non-hydrogen) atoms. The molecule has 0 spiro atoms. The first-order valence-corrected chi connectivity index (χ1v) is 12.2. The van der Waals surface area contributed by atoms with Crippen molar-refractivity contribution in [1.29, 1.82) is 0 Å². The number of nitrogens with zero attached hydrogens (tertiary/aromatic N) is 3. The molecule has 190 valence electrons. The van der Waals surface area contributed by atoms with Gasteiger partial charge in [-0.1, -0.05) is 36.4 Å². The van der Waals surface area contributed by atoms with E-state index in [0.717, 1.165) is 42.3 Å². The molecule has 3 N–H and O–H groups in total. The molecule has 4 rings (SSSR count). The molecule has 1 aromatic heterocycles. The first-order chi connectivity index (χ1) is 17.6. The Balaban J connectivity index is 1.42. The molecule has 0 radical (unpaired) electrons. The van der Waals surface area contributed by atoms with Crippen LogP contribution in [0.3, 0.4) is 0 Å². The van der Waals surface area contributed by atoms with Crippen molar-refractivity contribution < 1.29 is 24.5 Å². The summed E-state index contributed by atoms with van der Waals surface area (Å²) in [5, 5.41) is 22.2. The largest absolute Gasteiger partial charge is 0.490 e. The van der Waals surface area contributed by atoms with Crippen molar-refractivity contribution in [2.45, 2.75) is 38.3 Å². The number of carboxylic acids is 1. The topological polar surface area (TPSA) is 117 Å². The molecule has 0 unspecified atom stereocenters. The molecule has 1 aliphatic rings. The number of ether oxygens (including phenoxy) is 2. The molecule has 2 atom stereocenters. The zero-order valence-electron chi connectivity index (χ0n) is 20.3. The van der Waals surface area contributed by atoms with Crippen molar-refractivity contribution >= 4 is 17.6 Å². The number of nitrogens with one attached hydrogen (secondary N) is 1. The van der Waals surface area contributed by atoms with Crippen molar-refractivity contribution in [3.05, 3.63) is 72.1 Å². The number of piperidine rings is 1. The van der Waals surface area contributed by atoms with E-state index in [2.05, 4.69) is 15.2 Å². The van der Waals surface area contributed by atoms with Crippen molar-refractivity contribution in [3.8, 4) is 11.5 Å². The summed E-state index contributed by atoms with van der Waals surface area (Å²) in [7, 11) is 0. The number of benzene rings is 2. The highest BCUT2D eigenvalue weighted by Crippen LogP contribution is 2.30. The summed E-state index contributed by atoms with van der Waals surface area (Å²) in [5.41, 5.74) is 1.54. The fraction of sp³-hybridized carbons (Fsp3) is 0.370. The van der Waals surface area contributed by atoms with E-state index in [9.17, 15) is 9.90 Å². The highest BCUT2D eigenvalue weighted by Gasteiger charge is 2.24. The van der Waals surface area contributed by atoms with Crippen LogP contribution in [0.4, 0.5) is 11.6 Å². The van der Waals surface area contributed by atoms with Gasteiger partial charge in [-0.05, 0) is 43.0 Å². The summed E-state index contributed by atoms with van der Waals surface area (Å²) < 4.78 is 12.0. The molecule has 1 fully saturated rings. The van der Waals surface area contributed by atoms with Crippen LogP contribution in [0.15, 0.2) is 60.9 Å². The van der Waals surface area contributed by atoms with E-state index >= 15 is 0 Å². The minimum absolute atomic E-state index is 0.00622. The van der Waals surface area contributed by atoms with Crippen LogP contribution in [0.2, 0.25) is 0 Å². The highest BCUT2D eigenvalue weighted by atomic mass is 16.5. The van der Waals surface area contributed by atoms with Crippen LogP contribution < -0.4 is 19.7 Å². The number of hydrogen-bond acceptors (Lipinski definition) is 8. The lowest BCUT2D eigenvalue weighted by atomic mass is 10.0. The van der Waals surface area contributed by atoms with Crippen LogP contribution >= 0.6 is 0 Å². The van der Waals surface area contributed by atoms with Crippen molar-refractivity contribution in [2.24, 2.45) is 0 Å². The van der Waals surface area contributed by atoms with Gasteiger partial charge in [0.25, 0.3) is 0 Å². The molecule has 0 bridgehead atoms. The number of rotatable bonds is 11. The minimum atomic E-state index is -0.879. The van der Waals surface area contributed by atoms with Gasteiger partial charge in [-0.3, -0.25) is 9.78 Å². The van der Waals surface area contributed by atoms with Crippen LogP contribution in [-0.4, -0.2) is 58.6 Å². The summed E-state index contributed by atoms with van der Waals surface area (Å²) in [6.45, 7) is 3.90. The van der Waals surface area contributed by atoms with Crippen LogP contribution in [0.25, 0.3) is 0 Å². The van der Waals surface area contributed by atoms with Gasteiger partial charge in [-0.2, -0.15) is 0 Å². The van der Waals surface area contributed by atoms with Gasteiger partial charge in [0.2, 0.25) is 0 Å². The maximum Gasteiger partial charge on any atom is 0.307 e. The van der Waals surface area contributed by atoms with Gasteiger partial charge in [0.1, 0.15) is 17.7 Å². The molecule has 1 saturated heterocycles. The number of hydrogen-bond donors (Lipinski definition) is 3. The first-order valence-electron chi connectivity index (χ1n) is 12.2. The Morgan fingerprint density at radius 2 is 1.94 bits per heavy atom. The smallest absolute Gasteiger partial charge is 0.307 e. The Morgan fingerprint density at radius 3 is 2.67 bits per heavy atom. The predicted molar refractivity (Wildman–Crippen MR) is 137 cm³/mol. The summed E-state index contributed by atoms with van der Waals surface area (Å²) >= 11 is 0. The minimum Gasteiger partial charge on any atom is -0.490 e. The third-order valence-corrected chi connectivity index (χ3v) is 6.01. The molecule has 9 heteroatoms. The Kier molecular flexibility index (Phi) is 8.57. The lowest BCUT2D eigenvalue weighted by molar-refractivity contribution is -0.136. The number of anilines is 2. The van der Waals surface area contributed by atoms with Gasteiger partial charge in [0.15, 0.2) is 11.5 Å². The fourth-order valence-corrected chi connectivity index (χ4v) is 4.28. The highest BCUT2D eigenvalue weighted by molar-refractivity contribution is 5.70. The third-order valence-electron chi connectivity index (χ3n) is 6.01. The fourth-order valence-electron chi connectivity index (χ4n) is 4.28. The summed E-state index contributed by atoms with van der Waals surface area (Å²) in [4.78, 5) is 22.2. The normalized spacial score (nSPS) is 16.3. The zero-order chi connectivity index (χ0) is 25.3. The monoisotopic (exact) mass is 492 g/mol. The predicted octanol–water partition coefficient (Wildman–Crippen LogP) is 3.70. The number of aliphatic hydroxyl groups is 1. The molecule has 2 aromatic carbocycles. The molecule has 0 saturated carbocycles. The van der Waals surface area contributed by atoms with Crippen LogP contribution in [0.5, 0.6) is 11.5 Å². The number of aromatic nitrogens is 2. The molecular formula is C27H32N4O5. The Hall–Kier alpha value is -3.85. The molecule has 9 nitrogen and oxygen atoms in total. The second-order valence-electron chi connectivity index (χ2n) is 8.66. The number of para-hydroxylation sites is 2. The number of carboxylic acid groups (broad SMARTS) is 1. The molecule has 1 aliphatic heterocycles. The second kappa shape index (κ2) is 12.2. The average Bonchev–Trinajstić information content (AvgIpc) is 2.89. The van der Waals surface area contributed by atoms with Gasteiger partial charge in [0, 0.05) is 6.54 Å². The van der Waals surface area contributed by atoms with E-state index in [1.54, 1.807) is 24.5 Å².